The number of aliphatic hydroxyl groups excluding tert-OH is 1. The van der Waals surface area contributed by atoms with E-state index < -0.39 is 0 Å². The summed E-state index contributed by atoms with van der Waals surface area (Å²) in [6.45, 7) is 4.75. The van der Waals surface area contributed by atoms with Gasteiger partial charge in [-0.2, -0.15) is 0 Å². The van der Waals surface area contributed by atoms with E-state index in [0.29, 0.717) is 6.61 Å². The molecule has 1 aliphatic rings. The van der Waals surface area contributed by atoms with Crippen LogP contribution in [0.3, 0.4) is 0 Å². The number of aryl methyl sites for hydroxylation is 1. The summed E-state index contributed by atoms with van der Waals surface area (Å²) in [6.07, 6.45) is 10.1. The molecule has 1 aliphatic carbocycles. The smallest absolute Gasteiger partial charge is 0.0490 e. The third-order valence-corrected chi connectivity index (χ3v) is 5.17. The van der Waals surface area contributed by atoms with Gasteiger partial charge in [0.15, 0.2) is 0 Å². The van der Waals surface area contributed by atoms with Crippen molar-refractivity contribution in [1.29, 1.82) is 0 Å². The zero-order valence-electron chi connectivity index (χ0n) is 13.2. The van der Waals surface area contributed by atoms with Crippen LogP contribution in [0, 0.1) is 18.3 Å². The molecular weight excluding hydrogens is 244 g/mol. The van der Waals surface area contributed by atoms with E-state index in [-0.39, 0.29) is 5.41 Å². The summed E-state index contributed by atoms with van der Waals surface area (Å²) >= 11 is 0. The maximum Gasteiger partial charge on any atom is 0.0490 e. The van der Waals surface area contributed by atoms with Gasteiger partial charge in [-0.05, 0) is 55.9 Å². The molecule has 0 amide bonds. The van der Waals surface area contributed by atoms with Crippen LogP contribution in [0.2, 0.25) is 0 Å². The number of hydrogen-bond donors (Lipinski definition) is 1. The van der Waals surface area contributed by atoms with Crippen molar-refractivity contribution in [3.63, 3.8) is 0 Å². The second kappa shape index (κ2) is 7.26. The van der Waals surface area contributed by atoms with Gasteiger partial charge in [0.05, 0.1) is 0 Å². The highest BCUT2D eigenvalue weighted by molar-refractivity contribution is 5.22. The van der Waals surface area contributed by atoms with Crippen molar-refractivity contribution >= 4 is 0 Å². The molecule has 0 bridgehead atoms. The summed E-state index contributed by atoms with van der Waals surface area (Å²) in [5, 5.41) is 9.92. The molecule has 1 saturated carbocycles. The highest BCUT2D eigenvalue weighted by atomic mass is 16.3. The Hall–Kier alpha value is -0.820. The number of hydrogen-bond acceptors (Lipinski definition) is 1. The van der Waals surface area contributed by atoms with Gasteiger partial charge >= 0.3 is 0 Å². The standard InChI is InChI=1S/C19H30O/c1-3-4-5-17-10-12-19(15-20,13-11-17)14-18-8-6-16(2)7-9-18/h6-9,17,20H,3-5,10-15H2,1-2H3. The Bertz CT molecular complexity index is 385. The molecule has 2 rings (SSSR count). The van der Waals surface area contributed by atoms with Crippen molar-refractivity contribution in [2.75, 3.05) is 6.61 Å². The Morgan fingerprint density at radius 1 is 1.15 bits per heavy atom. The van der Waals surface area contributed by atoms with Gasteiger partial charge in [-0.3, -0.25) is 0 Å². The molecule has 0 atom stereocenters. The van der Waals surface area contributed by atoms with Crippen molar-refractivity contribution in [3.05, 3.63) is 35.4 Å². The maximum absolute atomic E-state index is 9.92. The van der Waals surface area contributed by atoms with E-state index in [4.69, 9.17) is 0 Å². The minimum atomic E-state index is 0.151. The highest BCUT2D eigenvalue weighted by Gasteiger charge is 2.34. The van der Waals surface area contributed by atoms with E-state index in [9.17, 15) is 5.11 Å². The molecule has 0 aromatic heterocycles. The molecule has 1 N–H and O–H groups in total. The normalized spacial score (nSPS) is 26.6. The maximum atomic E-state index is 9.92. The molecule has 112 valence electrons. The molecule has 1 heteroatoms. The van der Waals surface area contributed by atoms with Crippen molar-refractivity contribution in [3.8, 4) is 0 Å². The zero-order valence-corrected chi connectivity index (χ0v) is 13.2. The lowest BCUT2D eigenvalue weighted by Crippen LogP contribution is -2.33. The van der Waals surface area contributed by atoms with Gasteiger partial charge in [0.1, 0.15) is 0 Å². The van der Waals surface area contributed by atoms with E-state index in [1.807, 2.05) is 0 Å². The predicted octanol–water partition coefficient (Wildman–Crippen LogP) is 4.90. The van der Waals surface area contributed by atoms with E-state index in [0.717, 1.165) is 12.3 Å². The van der Waals surface area contributed by atoms with Crippen LogP contribution in [0.15, 0.2) is 24.3 Å². The number of aliphatic hydroxyl groups is 1. The predicted molar refractivity (Wildman–Crippen MR) is 85.9 cm³/mol. The molecule has 1 fully saturated rings. The molecular formula is C19H30O. The molecule has 0 aliphatic heterocycles. The summed E-state index contributed by atoms with van der Waals surface area (Å²) in [5.74, 6) is 0.910. The quantitative estimate of drug-likeness (QED) is 0.782. The Morgan fingerprint density at radius 2 is 1.80 bits per heavy atom. The molecule has 20 heavy (non-hydrogen) atoms. The van der Waals surface area contributed by atoms with Crippen LogP contribution < -0.4 is 0 Å². The first-order valence-corrected chi connectivity index (χ1v) is 8.34. The van der Waals surface area contributed by atoms with Crippen molar-refractivity contribution in [2.45, 2.75) is 65.2 Å². The van der Waals surface area contributed by atoms with E-state index in [1.54, 1.807) is 0 Å². The first kappa shape index (κ1) is 15.6. The zero-order chi connectivity index (χ0) is 14.4. The lowest BCUT2D eigenvalue weighted by molar-refractivity contribution is 0.0621. The summed E-state index contributed by atoms with van der Waals surface area (Å²) in [7, 11) is 0. The van der Waals surface area contributed by atoms with E-state index in [1.165, 1.54) is 56.1 Å². The van der Waals surface area contributed by atoms with Crippen LogP contribution >= 0.6 is 0 Å². The Kier molecular flexibility index (Phi) is 5.65. The van der Waals surface area contributed by atoms with Crippen LogP contribution in [0.4, 0.5) is 0 Å². The molecule has 1 nitrogen and oxygen atoms in total. The number of unbranched alkanes of at least 4 members (excludes halogenated alkanes) is 1. The summed E-state index contributed by atoms with van der Waals surface area (Å²) in [5.41, 5.74) is 2.85. The lowest BCUT2D eigenvalue weighted by Gasteiger charge is -2.39. The molecule has 0 unspecified atom stereocenters. The minimum Gasteiger partial charge on any atom is -0.396 e. The minimum absolute atomic E-state index is 0.151. The van der Waals surface area contributed by atoms with Crippen LogP contribution in [0.5, 0.6) is 0 Å². The van der Waals surface area contributed by atoms with Gasteiger partial charge in [-0.25, -0.2) is 0 Å². The van der Waals surface area contributed by atoms with E-state index >= 15 is 0 Å². The Morgan fingerprint density at radius 3 is 2.35 bits per heavy atom. The number of rotatable bonds is 6. The highest BCUT2D eigenvalue weighted by Crippen LogP contribution is 2.42. The third kappa shape index (κ3) is 4.09. The topological polar surface area (TPSA) is 20.2 Å². The second-order valence-corrected chi connectivity index (χ2v) is 6.91. The summed E-state index contributed by atoms with van der Waals surface area (Å²) in [4.78, 5) is 0. The van der Waals surface area contributed by atoms with Crippen LogP contribution in [0.1, 0.15) is 63.0 Å². The average Bonchev–Trinajstić information content (AvgIpc) is 2.49. The van der Waals surface area contributed by atoms with Crippen molar-refractivity contribution in [2.24, 2.45) is 11.3 Å². The summed E-state index contributed by atoms with van der Waals surface area (Å²) in [6, 6.07) is 8.84. The molecule has 0 radical (unpaired) electrons. The van der Waals surface area contributed by atoms with Gasteiger partial charge in [0.2, 0.25) is 0 Å². The molecule has 0 saturated heterocycles. The summed E-state index contributed by atoms with van der Waals surface area (Å²) < 4.78 is 0. The third-order valence-electron chi connectivity index (χ3n) is 5.17. The second-order valence-electron chi connectivity index (χ2n) is 6.91. The van der Waals surface area contributed by atoms with Crippen LogP contribution in [-0.4, -0.2) is 11.7 Å². The van der Waals surface area contributed by atoms with Gasteiger partial charge in [0, 0.05) is 6.61 Å². The SMILES string of the molecule is CCCCC1CCC(CO)(Cc2ccc(C)cc2)CC1. The van der Waals surface area contributed by atoms with Gasteiger partial charge in [-0.1, -0.05) is 56.0 Å². The Labute approximate surface area is 124 Å². The van der Waals surface area contributed by atoms with Gasteiger partial charge in [-0.15, -0.1) is 0 Å². The molecule has 0 heterocycles. The number of benzene rings is 1. The fourth-order valence-electron chi connectivity index (χ4n) is 3.60. The molecule has 1 aromatic carbocycles. The Balaban J connectivity index is 1.92. The van der Waals surface area contributed by atoms with Crippen LogP contribution in [0.25, 0.3) is 0 Å². The van der Waals surface area contributed by atoms with Crippen molar-refractivity contribution in [1.82, 2.24) is 0 Å². The average molecular weight is 274 g/mol. The van der Waals surface area contributed by atoms with E-state index in [2.05, 4.69) is 38.1 Å². The van der Waals surface area contributed by atoms with Crippen molar-refractivity contribution < 1.29 is 5.11 Å². The fourth-order valence-corrected chi connectivity index (χ4v) is 3.60. The monoisotopic (exact) mass is 274 g/mol. The first-order valence-electron chi connectivity index (χ1n) is 8.34. The molecule has 1 aromatic rings. The largest absolute Gasteiger partial charge is 0.396 e. The fraction of sp³-hybridized carbons (Fsp3) is 0.684. The lowest BCUT2D eigenvalue weighted by atomic mass is 9.67. The first-order chi connectivity index (χ1) is 9.67. The van der Waals surface area contributed by atoms with Crippen LogP contribution in [-0.2, 0) is 6.42 Å². The van der Waals surface area contributed by atoms with Gasteiger partial charge < -0.3 is 5.11 Å². The molecule has 0 spiro atoms. The van der Waals surface area contributed by atoms with Gasteiger partial charge in [0.25, 0.3) is 0 Å².